The lowest BCUT2D eigenvalue weighted by molar-refractivity contribution is 0.0683. The molecule has 0 atom stereocenters. The quantitative estimate of drug-likeness (QED) is 0.799. The van der Waals surface area contributed by atoms with E-state index in [1.165, 1.54) is 4.40 Å². The molecule has 2 heterocycles. The van der Waals surface area contributed by atoms with Crippen molar-refractivity contribution in [1.82, 2.24) is 9.38 Å². The molecule has 0 bridgehead atoms. The Morgan fingerprint density at radius 1 is 1.36 bits per heavy atom. The zero-order chi connectivity index (χ0) is 15.7. The molecule has 0 aliphatic carbocycles. The van der Waals surface area contributed by atoms with Crippen LogP contribution in [0.1, 0.15) is 21.6 Å². The lowest BCUT2D eigenvalue weighted by atomic mass is 10.1. The number of aromatic carboxylic acids is 1. The topological polar surface area (TPSA) is 63.8 Å². The summed E-state index contributed by atoms with van der Waals surface area (Å²) < 4.78 is 7.20. The minimum atomic E-state index is -1.06. The van der Waals surface area contributed by atoms with Crippen molar-refractivity contribution in [2.24, 2.45) is 0 Å². The van der Waals surface area contributed by atoms with E-state index in [0.29, 0.717) is 16.4 Å². The maximum Gasteiger partial charge on any atom is 0.356 e. The fourth-order valence-corrected chi connectivity index (χ4v) is 2.50. The van der Waals surface area contributed by atoms with E-state index in [1.54, 1.807) is 30.6 Å². The van der Waals surface area contributed by atoms with Gasteiger partial charge in [-0.2, -0.15) is 0 Å². The number of nitrogens with zero attached hydrogens (tertiary/aromatic N) is 2. The number of aryl methyl sites for hydroxylation is 1. The molecule has 0 saturated heterocycles. The molecule has 0 saturated carbocycles. The molecule has 0 aliphatic heterocycles. The average molecular weight is 317 g/mol. The van der Waals surface area contributed by atoms with Gasteiger partial charge in [-0.1, -0.05) is 17.7 Å². The Morgan fingerprint density at radius 3 is 2.91 bits per heavy atom. The number of carboxylic acid groups (broad SMARTS) is 1. The van der Waals surface area contributed by atoms with Crippen LogP contribution in [0.15, 0.2) is 42.7 Å². The van der Waals surface area contributed by atoms with Crippen molar-refractivity contribution in [3.8, 4) is 5.75 Å². The number of aromatic nitrogens is 2. The summed E-state index contributed by atoms with van der Waals surface area (Å²) in [4.78, 5) is 15.6. The number of imidazole rings is 1. The van der Waals surface area contributed by atoms with Crippen molar-refractivity contribution in [3.05, 3.63) is 64.6 Å². The van der Waals surface area contributed by atoms with E-state index < -0.39 is 5.97 Å². The molecule has 1 aromatic carbocycles. The molecule has 6 heteroatoms. The summed E-state index contributed by atoms with van der Waals surface area (Å²) in [5.74, 6) is -0.765. The van der Waals surface area contributed by atoms with Gasteiger partial charge in [0.15, 0.2) is 11.4 Å². The minimum absolute atomic E-state index is 0.0571. The molecular weight excluding hydrogens is 304 g/mol. The smallest absolute Gasteiger partial charge is 0.356 e. The van der Waals surface area contributed by atoms with Crippen LogP contribution in [0.5, 0.6) is 5.75 Å². The second kappa shape index (κ2) is 5.69. The van der Waals surface area contributed by atoms with E-state index in [4.69, 9.17) is 16.3 Å². The molecule has 0 spiro atoms. The SMILES string of the molecule is Cc1cc(Cl)ccc1COc1ccc2nccn2c1C(=O)O. The number of pyridine rings is 1. The standard InChI is InChI=1S/C16H13ClN2O3/c1-10-8-12(17)3-2-11(10)9-22-13-4-5-14-18-6-7-19(14)15(13)16(20)21/h2-8H,9H2,1H3,(H,20,21). The zero-order valence-electron chi connectivity index (χ0n) is 11.8. The van der Waals surface area contributed by atoms with E-state index in [2.05, 4.69) is 4.98 Å². The average Bonchev–Trinajstić information content (AvgIpc) is 2.93. The third kappa shape index (κ3) is 2.63. The molecular formula is C16H13ClN2O3. The molecule has 112 valence electrons. The van der Waals surface area contributed by atoms with Gasteiger partial charge in [0.2, 0.25) is 0 Å². The second-order valence-corrected chi connectivity index (χ2v) is 5.30. The first-order chi connectivity index (χ1) is 10.6. The highest BCUT2D eigenvalue weighted by atomic mass is 35.5. The van der Waals surface area contributed by atoms with Crippen LogP contribution in [0, 0.1) is 6.92 Å². The van der Waals surface area contributed by atoms with Gasteiger partial charge in [0.1, 0.15) is 12.3 Å². The molecule has 3 rings (SSSR count). The Labute approximate surface area is 131 Å². The Balaban J connectivity index is 1.93. The largest absolute Gasteiger partial charge is 0.486 e. The second-order valence-electron chi connectivity index (χ2n) is 4.87. The highest BCUT2D eigenvalue weighted by molar-refractivity contribution is 6.30. The molecule has 0 aliphatic rings. The third-order valence-corrected chi connectivity index (χ3v) is 3.65. The predicted octanol–water partition coefficient (Wildman–Crippen LogP) is 3.57. The van der Waals surface area contributed by atoms with E-state index >= 15 is 0 Å². The van der Waals surface area contributed by atoms with Gasteiger partial charge in [0.25, 0.3) is 0 Å². The van der Waals surface area contributed by atoms with Gasteiger partial charge < -0.3 is 9.84 Å². The molecule has 0 unspecified atom stereocenters. The first-order valence-electron chi connectivity index (χ1n) is 6.63. The van der Waals surface area contributed by atoms with E-state index in [1.807, 2.05) is 19.1 Å². The Hall–Kier alpha value is -2.53. The molecule has 1 N–H and O–H groups in total. The number of carbonyl (C=O) groups is 1. The van der Waals surface area contributed by atoms with Gasteiger partial charge in [-0.05, 0) is 42.3 Å². The number of hydrogen-bond donors (Lipinski definition) is 1. The van der Waals surface area contributed by atoms with Crippen molar-refractivity contribution in [1.29, 1.82) is 0 Å². The van der Waals surface area contributed by atoms with Crippen molar-refractivity contribution in [3.63, 3.8) is 0 Å². The van der Waals surface area contributed by atoms with Gasteiger partial charge in [0, 0.05) is 17.4 Å². The molecule has 3 aromatic rings. The molecule has 0 amide bonds. The zero-order valence-corrected chi connectivity index (χ0v) is 12.5. The van der Waals surface area contributed by atoms with Gasteiger partial charge in [-0.3, -0.25) is 4.40 Å². The Bertz CT molecular complexity index is 858. The normalized spacial score (nSPS) is 10.8. The first-order valence-corrected chi connectivity index (χ1v) is 7.01. The number of fused-ring (bicyclic) bond motifs is 1. The third-order valence-electron chi connectivity index (χ3n) is 3.42. The summed E-state index contributed by atoms with van der Waals surface area (Å²) in [6.45, 7) is 2.20. The summed E-state index contributed by atoms with van der Waals surface area (Å²) in [6.07, 6.45) is 3.15. The molecule has 22 heavy (non-hydrogen) atoms. The summed E-state index contributed by atoms with van der Waals surface area (Å²) >= 11 is 5.92. The minimum Gasteiger partial charge on any atom is -0.486 e. The lowest BCUT2D eigenvalue weighted by Crippen LogP contribution is -2.09. The van der Waals surface area contributed by atoms with Crippen molar-refractivity contribution in [2.75, 3.05) is 0 Å². The van der Waals surface area contributed by atoms with E-state index in [9.17, 15) is 9.90 Å². The van der Waals surface area contributed by atoms with Crippen LogP contribution in [0.25, 0.3) is 5.65 Å². The van der Waals surface area contributed by atoms with Crippen LogP contribution < -0.4 is 4.74 Å². The number of rotatable bonds is 4. The Morgan fingerprint density at radius 2 is 2.18 bits per heavy atom. The van der Waals surface area contributed by atoms with Gasteiger partial charge in [-0.25, -0.2) is 9.78 Å². The van der Waals surface area contributed by atoms with Crippen molar-refractivity contribution in [2.45, 2.75) is 13.5 Å². The van der Waals surface area contributed by atoms with Crippen LogP contribution in [0.3, 0.4) is 0 Å². The van der Waals surface area contributed by atoms with E-state index in [0.717, 1.165) is 11.1 Å². The maximum atomic E-state index is 11.5. The van der Waals surface area contributed by atoms with Gasteiger partial charge in [0.05, 0.1) is 0 Å². The summed E-state index contributed by atoms with van der Waals surface area (Å²) in [7, 11) is 0. The summed E-state index contributed by atoms with van der Waals surface area (Å²) in [6, 6.07) is 8.84. The van der Waals surface area contributed by atoms with Gasteiger partial charge >= 0.3 is 5.97 Å². The Kier molecular flexibility index (Phi) is 3.73. The fourth-order valence-electron chi connectivity index (χ4n) is 2.28. The molecule has 0 fully saturated rings. The number of carboxylic acids is 1. The van der Waals surface area contributed by atoms with Crippen LogP contribution in [-0.2, 0) is 6.61 Å². The summed E-state index contributed by atoms with van der Waals surface area (Å²) in [5, 5.41) is 10.1. The molecule has 5 nitrogen and oxygen atoms in total. The highest BCUT2D eigenvalue weighted by Gasteiger charge is 2.16. The van der Waals surface area contributed by atoms with Crippen molar-refractivity contribution >= 4 is 23.2 Å². The number of ether oxygens (including phenoxy) is 1. The lowest BCUT2D eigenvalue weighted by Gasteiger charge is -2.12. The van der Waals surface area contributed by atoms with Crippen LogP contribution in [0.4, 0.5) is 0 Å². The molecule has 0 radical (unpaired) electrons. The van der Waals surface area contributed by atoms with Crippen LogP contribution in [0.2, 0.25) is 5.02 Å². The van der Waals surface area contributed by atoms with Crippen molar-refractivity contribution < 1.29 is 14.6 Å². The number of hydrogen-bond acceptors (Lipinski definition) is 3. The number of benzene rings is 1. The monoisotopic (exact) mass is 316 g/mol. The fraction of sp³-hybridized carbons (Fsp3) is 0.125. The van der Waals surface area contributed by atoms with Gasteiger partial charge in [-0.15, -0.1) is 0 Å². The first kappa shape index (κ1) is 14.4. The van der Waals surface area contributed by atoms with E-state index in [-0.39, 0.29) is 12.3 Å². The predicted molar refractivity (Wildman–Crippen MR) is 82.7 cm³/mol. The highest BCUT2D eigenvalue weighted by Crippen LogP contribution is 2.23. The number of halogens is 1. The van der Waals surface area contributed by atoms with Crippen LogP contribution in [-0.4, -0.2) is 20.5 Å². The summed E-state index contributed by atoms with van der Waals surface area (Å²) in [5.41, 5.74) is 2.56. The van der Waals surface area contributed by atoms with Crippen LogP contribution >= 0.6 is 11.6 Å². The maximum absolute atomic E-state index is 11.5. The molecule has 2 aromatic heterocycles.